The van der Waals surface area contributed by atoms with Gasteiger partial charge in [0.1, 0.15) is 11.8 Å². The Labute approximate surface area is 703 Å². The van der Waals surface area contributed by atoms with Crippen LogP contribution in [0.2, 0.25) is 0 Å². The van der Waals surface area contributed by atoms with E-state index in [4.69, 9.17) is 44.6 Å². The number of carboxylic acid groups (broad SMARTS) is 2. The highest BCUT2D eigenvalue weighted by Crippen LogP contribution is 2.07. The number of ketones is 5. The Morgan fingerprint density at radius 1 is 0.357 bits per heavy atom. The Bertz CT molecular complexity index is 3140. The lowest BCUT2D eigenvalue weighted by Crippen LogP contribution is -2.44. The lowest BCUT2D eigenvalue weighted by Gasteiger charge is -2.15. The zero-order valence-corrected chi connectivity index (χ0v) is 71.0. The van der Waals surface area contributed by atoms with E-state index >= 15 is 0 Å². The van der Waals surface area contributed by atoms with Gasteiger partial charge in [0.05, 0.1) is 56.4 Å². The molecule has 3 aliphatic rings. The molecule has 0 aromatic heterocycles. The number of carbonyl (C=O) groups is 20. The number of Topliss-reactive ketones (excluding diaryl/α,β-unsaturated/α-hetero) is 5. The topological polar surface area (TPSA) is 656 Å². The van der Waals surface area contributed by atoms with Gasteiger partial charge in [0.25, 0.3) is 35.4 Å². The molecular formula is C69H120N18O22S6. The van der Waals surface area contributed by atoms with Crippen molar-refractivity contribution < 1.29 is 106 Å². The van der Waals surface area contributed by atoms with E-state index in [1.807, 2.05) is 0 Å². The minimum absolute atomic E-state index is 0.000430. The molecule has 3 rings (SSSR count). The molecule has 0 saturated heterocycles. The fraction of sp³-hybridized carbons (Fsp3) is 0.623. The Morgan fingerprint density at radius 3 is 0.930 bits per heavy atom. The predicted octanol–water partition coefficient (Wildman–Crippen LogP) is -6.00. The van der Waals surface area contributed by atoms with Gasteiger partial charge >= 0.3 is 11.9 Å². The van der Waals surface area contributed by atoms with Gasteiger partial charge in [0, 0.05) is 114 Å². The third-order valence-corrected chi connectivity index (χ3v) is 16.0. The summed E-state index contributed by atoms with van der Waals surface area (Å²) in [6.45, 7) is 9.28. The molecule has 0 spiro atoms. The maximum atomic E-state index is 11.7. The van der Waals surface area contributed by atoms with E-state index in [9.17, 15) is 95.9 Å². The molecule has 6 atom stereocenters. The second kappa shape index (κ2) is 73.6. The van der Waals surface area contributed by atoms with Gasteiger partial charge in [-0.15, -0.1) is 0 Å². The van der Waals surface area contributed by atoms with Crippen LogP contribution in [0.15, 0.2) is 36.5 Å². The Balaban J connectivity index is -0.000000415. The largest absolute Gasteiger partial charge is 0.480 e. The summed E-state index contributed by atoms with van der Waals surface area (Å²) in [6, 6.07) is -2.83. The number of nitrogens with zero attached hydrogens (tertiary/aromatic N) is 3. The fourth-order valence-corrected chi connectivity index (χ4v) is 9.44. The summed E-state index contributed by atoms with van der Waals surface area (Å²) < 4.78 is 0. The first-order valence-electron chi connectivity index (χ1n) is 36.1. The molecule has 115 heavy (non-hydrogen) atoms. The molecular weight excluding hydrogens is 1630 g/mol. The van der Waals surface area contributed by atoms with Crippen molar-refractivity contribution in [2.45, 2.75) is 148 Å². The number of nitrogens with two attached hydrogens (primary N) is 6. The second-order valence-corrected chi connectivity index (χ2v) is 26.8. The number of amides is 13. The van der Waals surface area contributed by atoms with Crippen molar-refractivity contribution in [3.63, 3.8) is 0 Å². The molecule has 0 aliphatic carbocycles. The summed E-state index contributed by atoms with van der Waals surface area (Å²) in [5, 5.41) is 39.6. The van der Waals surface area contributed by atoms with E-state index in [0.29, 0.717) is 112 Å². The molecule has 0 fully saturated rings. The normalized spacial score (nSPS) is 13.5. The summed E-state index contributed by atoms with van der Waals surface area (Å²) in [5.74, 6) is -3.35. The lowest BCUT2D eigenvalue weighted by molar-refractivity contribution is -0.139. The van der Waals surface area contributed by atoms with Gasteiger partial charge in [-0.1, -0.05) is 0 Å². The average Bonchev–Trinajstić information content (AvgIpc) is 1.75. The van der Waals surface area contributed by atoms with Crippen LogP contribution in [-0.4, -0.2) is 305 Å². The minimum Gasteiger partial charge on any atom is -0.480 e. The van der Waals surface area contributed by atoms with Crippen LogP contribution in [0.25, 0.3) is 0 Å². The van der Waals surface area contributed by atoms with Gasteiger partial charge in [-0.2, -0.15) is 75.8 Å². The van der Waals surface area contributed by atoms with Crippen LogP contribution in [0, 0.1) is 0 Å². The molecule has 13 amide bonds. The van der Waals surface area contributed by atoms with Gasteiger partial charge in [-0.05, 0) is 134 Å². The van der Waals surface area contributed by atoms with Crippen LogP contribution in [0.3, 0.4) is 0 Å². The minimum atomic E-state index is -1.05. The molecule has 46 heteroatoms. The number of unbranched alkanes of at least 4 members (excludes halogenated alkanes) is 1. The zero-order chi connectivity index (χ0) is 89.0. The number of rotatable bonds is 49. The van der Waals surface area contributed by atoms with Gasteiger partial charge < -0.3 is 81.8 Å². The molecule has 0 radical (unpaired) electrons. The average molecular weight is 1750 g/mol. The SMILES string of the molecule is CC(=O)C(CCCCN)NC(=O)CCS.CC(=O)C(CCCN)NC(=O)CCS.CC(=O)C(CCN)NC(=O)CCS.CC(=O)C(CN)NC(=O)CCS.CC(=O)C(N)CS.NC(CCS)C(=O)O.O=C(CNCC(=O)NCCN1C(=O)C=CC1=O)NCCCN1C(=O)C=CC1=O.O=C(O)CNCC(=O)NCCN1C(=O)C=CC1=O. The number of thiol groups is 6. The fourth-order valence-electron chi connectivity index (χ4n) is 8.10. The van der Waals surface area contributed by atoms with Crippen molar-refractivity contribution in [2.24, 2.45) is 34.4 Å². The van der Waals surface area contributed by atoms with Crippen LogP contribution < -0.4 is 82.3 Å². The monoisotopic (exact) mass is 1740 g/mol. The zero-order valence-electron chi connectivity index (χ0n) is 65.6. The summed E-state index contributed by atoms with van der Waals surface area (Å²) >= 11 is 23.3. The first-order chi connectivity index (χ1) is 54.2. The van der Waals surface area contributed by atoms with Gasteiger partial charge in [-0.25, -0.2) is 0 Å². The van der Waals surface area contributed by atoms with Crippen LogP contribution in [0.1, 0.15) is 112 Å². The molecule has 0 aromatic rings. The van der Waals surface area contributed by atoms with Gasteiger partial charge in [0.15, 0.2) is 23.1 Å². The smallest absolute Gasteiger partial charge is 0.320 e. The number of imide groups is 3. The Morgan fingerprint density at radius 2 is 0.670 bits per heavy atom. The summed E-state index contributed by atoms with van der Waals surface area (Å²) in [5.41, 5.74) is 31.5. The molecule has 3 heterocycles. The summed E-state index contributed by atoms with van der Waals surface area (Å²) in [4.78, 5) is 224. The van der Waals surface area contributed by atoms with Crippen molar-refractivity contribution in [2.75, 3.05) is 126 Å². The molecule has 40 nitrogen and oxygen atoms in total. The van der Waals surface area contributed by atoms with Crippen molar-refractivity contribution in [1.29, 1.82) is 0 Å². The highest BCUT2D eigenvalue weighted by atomic mass is 32.1. The first-order valence-corrected chi connectivity index (χ1v) is 39.9. The highest BCUT2D eigenvalue weighted by molar-refractivity contribution is 7.81. The Hall–Kier alpha value is -8.00. The quantitative estimate of drug-likeness (QED) is 0.0153. The summed E-state index contributed by atoms with van der Waals surface area (Å²) in [6.07, 6.45) is 13.5. The standard InChI is InChI=1S/C17H21N5O6.C10H13N3O5.C10H20N2O2S.C9H18N2O2S.C8H16N2O2S.C7H14N2O2S.C4H9NO2S.C4H9NOS/c23-12(19-6-1-8-21-14(25)2-3-15(21)26)10-18-11-13(24)20-7-9-22-16(27)4-5-17(22)28;14-7(5-11-6-10(17)18)12-3-4-13-8(15)1-2-9(13)16;1-8(13)9(4-2-3-6-11)12-10(14)5-7-15;1-7(12)8(3-2-5-10)11-9(13)4-6-14;1-6(11)7(2-4-9)10-8(12)3-5-13;1-5(10)6(4-8)9-7(11)2-3-12;5-3(1-2-8)4(6)7;1-3(6)4(5)2-7/h2-5,18H,1,6-11H2,(H,19,23)(H,20,24);1-2,11H,3-6H2,(H,12,14)(H,17,18);9,15H,2-7,11H2,1H3,(H,12,14);8,14H,2-6,10H2,1H3,(H,11,13);7,13H,2-5,9H2,1H3,(H,10,12);6,12H,2-4,8H2,1H3,(H,9,11);3,8H,1-2,5H2,(H,6,7);4,7H,2,5H2,1H3. The third kappa shape index (κ3) is 64.8. The van der Waals surface area contributed by atoms with Gasteiger partial charge in [0.2, 0.25) is 41.4 Å². The molecule has 0 saturated carbocycles. The molecule has 0 bridgehead atoms. The number of nitrogens with one attached hydrogen (secondary N) is 9. The maximum absolute atomic E-state index is 11.7. The number of aliphatic carboxylic acids is 2. The number of carboxylic acids is 2. The molecule has 3 aliphatic heterocycles. The van der Waals surface area contributed by atoms with E-state index in [1.54, 1.807) is 0 Å². The van der Waals surface area contributed by atoms with Crippen LogP contribution >= 0.6 is 75.8 Å². The molecule has 6 unspecified atom stereocenters. The van der Waals surface area contributed by atoms with E-state index in [1.165, 1.54) is 71.1 Å². The lowest BCUT2D eigenvalue weighted by atomic mass is 10.1. The van der Waals surface area contributed by atoms with Crippen LogP contribution in [0.4, 0.5) is 0 Å². The van der Waals surface area contributed by atoms with Crippen molar-refractivity contribution >= 4 is 193 Å². The van der Waals surface area contributed by atoms with Crippen molar-refractivity contribution in [1.82, 2.24) is 62.6 Å². The maximum Gasteiger partial charge on any atom is 0.320 e. The highest BCUT2D eigenvalue weighted by Gasteiger charge is 2.26. The first kappa shape index (κ1) is 116. The predicted molar refractivity (Wildman–Crippen MR) is 449 cm³/mol. The Kier molecular flexibility index (Phi) is 74.0. The number of carbonyl (C=O) groups excluding carboxylic acids is 18. The van der Waals surface area contributed by atoms with E-state index < -0.39 is 59.6 Å². The van der Waals surface area contributed by atoms with Gasteiger partial charge in [-0.3, -0.25) is 121 Å². The van der Waals surface area contributed by atoms with E-state index in [-0.39, 0.29) is 166 Å². The van der Waals surface area contributed by atoms with Crippen LogP contribution in [-0.2, 0) is 95.9 Å². The second-order valence-electron chi connectivity index (χ2n) is 24.2. The third-order valence-electron chi connectivity index (χ3n) is 14.5. The summed E-state index contributed by atoms with van der Waals surface area (Å²) in [7, 11) is 0. The van der Waals surface area contributed by atoms with Crippen molar-refractivity contribution in [3.05, 3.63) is 36.5 Å². The molecule has 0 aromatic carbocycles. The van der Waals surface area contributed by atoms with Crippen molar-refractivity contribution in [3.8, 4) is 0 Å². The molecule has 654 valence electrons. The number of hydrogen-bond donors (Lipinski definition) is 23. The van der Waals surface area contributed by atoms with E-state index in [0.717, 1.165) is 34.0 Å². The van der Waals surface area contributed by atoms with E-state index in [2.05, 4.69) is 124 Å². The van der Waals surface area contributed by atoms with Crippen LogP contribution in [0.5, 0.6) is 0 Å². The number of hydrogen-bond acceptors (Lipinski definition) is 34. The molecule has 23 N–H and O–H groups in total.